The van der Waals surface area contributed by atoms with E-state index in [0.717, 1.165) is 11.1 Å². The first-order valence-electron chi connectivity index (χ1n) is 8.78. The number of carbonyl (C=O) groups excluding carboxylic acids is 2. The molecule has 3 aromatic carbocycles. The van der Waals surface area contributed by atoms with E-state index in [4.69, 9.17) is 11.6 Å². The van der Waals surface area contributed by atoms with Gasteiger partial charge in [0.1, 0.15) is 0 Å². The fourth-order valence-corrected chi connectivity index (χ4v) is 2.81. The lowest BCUT2D eigenvalue weighted by Crippen LogP contribution is -2.24. The molecule has 3 rings (SSSR count). The number of anilines is 1. The lowest BCUT2D eigenvalue weighted by molar-refractivity contribution is -0.111. The van der Waals surface area contributed by atoms with Crippen LogP contribution >= 0.6 is 11.6 Å². The highest BCUT2D eigenvalue weighted by atomic mass is 35.5. The number of hydrogen-bond acceptors (Lipinski definition) is 2. The van der Waals surface area contributed by atoms with E-state index in [1.54, 1.807) is 36.4 Å². The van der Waals surface area contributed by atoms with Crippen LogP contribution in [0.15, 0.2) is 84.9 Å². The van der Waals surface area contributed by atoms with Crippen LogP contribution in [-0.2, 0) is 11.3 Å². The van der Waals surface area contributed by atoms with Gasteiger partial charge < -0.3 is 10.6 Å². The normalized spacial score (nSPS) is 10.6. The highest BCUT2D eigenvalue weighted by Crippen LogP contribution is 2.18. The molecule has 28 heavy (non-hydrogen) atoms. The van der Waals surface area contributed by atoms with Crippen LogP contribution in [0.3, 0.4) is 0 Å². The fraction of sp³-hybridized carbons (Fsp3) is 0.0435. The van der Waals surface area contributed by atoms with Gasteiger partial charge in [-0.15, -0.1) is 0 Å². The quantitative estimate of drug-likeness (QED) is 0.587. The molecule has 0 aliphatic rings. The van der Waals surface area contributed by atoms with Gasteiger partial charge in [-0.05, 0) is 35.4 Å². The molecule has 0 fully saturated rings. The molecule has 0 aliphatic heterocycles. The number of carbonyl (C=O) groups is 2. The van der Waals surface area contributed by atoms with Crippen molar-refractivity contribution in [2.45, 2.75) is 6.54 Å². The molecule has 0 saturated carbocycles. The molecule has 140 valence electrons. The van der Waals surface area contributed by atoms with Gasteiger partial charge in [0.25, 0.3) is 5.91 Å². The average Bonchev–Trinajstić information content (AvgIpc) is 2.72. The maximum absolute atomic E-state index is 12.5. The van der Waals surface area contributed by atoms with E-state index < -0.39 is 0 Å². The van der Waals surface area contributed by atoms with Crippen molar-refractivity contribution in [1.29, 1.82) is 0 Å². The Hall–Kier alpha value is -3.37. The third-order valence-electron chi connectivity index (χ3n) is 4.04. The van der Waals surface area contributed by atoms with Crippen molar-refractivity contribution in [1.82, 2.24) is 5.32 Å². The summed E-state index contributed by atoms with van der Waals surface area (Å²) >= 11 is 6.08. The zero-order valence-corrected chi connectivity index (χ0v) is 15.8. The minimum absolute atomic E-state index is 0.255. The van der Waals surface area contributed by atoms with Crippen LogP contribution in [0.4, 0.5) is 5.69 Å². The monoisotopic (exact) mass is 390 g/mol. The molecule has 0 spiro atoms. The summed E-state index contributed by atoms with van der Waals surface area (Å²) < 4.78 is 0. The van der Waals surface area contributed by atoms with Gasteiger partial charge >= 0.3 is 0 Å². The van der Waals surface area contributed by atoms with E-state index in [1.165, 1.54) is 6.08 Å². The summed E-state index contributed by atoms with van der Waals surface area (Å²) in [5.41, 5.74) is 2.59. The van der Waals surface area contributed by atoms with Gasteiger partial charge in [0, 0.05) is 17.6 Å². The molecule has 5 heteroatoms. The molecular formula is C23H19ClN2O2. The number of benzene rings is 3. The molecule has 2 amide bonds. The number of para-hydroxylation sites is 1. The molecule has 0 aliphatic carbocycles. The van der Waals surface area contributed by atoms with E-state index in [-0.39, 0.29) is 11.8 Å². The molecule has 0 saturated heterocycles. The lowest BCUT2D eigenvalue weighted by atomic mass is 10.1. The number of halogens is 1. The highest BCUT2D eigenvalue weighted by Gasteiger charge is 2.12. The second kappa shape index (κ2) is 9.53. The first kappa shape index (κ1) is 19.4. The largest absolute Gasteiger partial charge is 0.348 e. The Labute approximate surface area is 168 Å². The topological polar surface area (TPSA) is 58.2 Å². The summed E-state index contributed by atoms with van der Waals surface area (Å²) in [4.78, 5) is 24.8. The molecule has 0 aromatic heterocycles. The summed E-state index contributed by atoms with van der Waals surface area (Å²) in [6.07, 6.45) is 3.02. The van der Waals surface area contributed by atoms with Crippen molar-refractivity contribution in [2.75, 3.05) is 5.32 Å². The summed E-state index contributed by atoms with van der Waals surface area (Å²) in [6, 6.07) is 23.8. The SMILES string of the molecule is O=C(/C=C/c1ccccc1Cl)Nc1ccccc1C(=O)NCc1ccccc1. The van der Waals surface area contributed by atoms with E-state index in [2.05, 4.69) is 10.6 Å². The van der Waals surface area contributed by atoms with Crippen molar-refractivity contribution in [3.05, 3.63) is 107 Å². The molecule has 2 N–H and O–H groups in total. The predicted octanol–water partition coefficient (Wildman–Crippen LogP) is 4.92. The van der Waals surface area contributed by atoms with Crippen molar-refractivity contribution >= 4 is 35.2 Å². The molecule has 0 unspecified atom stereocenters. The zero-order valence-electron chi connectivity index (χ0n) is 15.1. The van der Waals surface area contributed by atoms with Crippen LogP contribution in [0.5, 0.6) is 0 Å². The van der Waals surface area contributed by atoms with E-state index >= 15 is 0 Å². The minimum atomic E-state index is -0.344. The van der Waals surface area contributed by atoms with E-state index in [0.29, 0.717) is 22.8 Å². The first-order valence-corrected chi connectivity index (χ1v) is 9.16. The third kappa shape index (κ3) is 5.32. The second-order valence-corrected chi connectivity index (χ2v) is 6.47. The molecule has 0 radical (unpaired) electrons. The average molecular weight is 391 g/mol. The van der Waals surface area contributed by atoms with Crippen LogP contribution in [0.2, 0.25) is 5.02 Å². The van der Waals surface area contributed by atoms with E-state index in [1.807, 2.05) is 48.5 Å². The lowest BCUT2D eigenvalue weighted by Gasteiger charge is -2.10. The van der Waals surface area contributed by atoms with Crippen LogP contribution in [0.1, 0.15) is 21.5 Å². The van der Waals surface area contributed by atoms with Gasteiger partial charge in [-0.25, -0.2) is 0 Å². The fourth-order valence-electron chi connectivity index (χ4n) is 2.61. The molecule has 4 nitrogen and oxygen atoms in total. The van der Waals surface area contributed by atoms with Gasteiger partial charge in [0.15, 0.2) is 0 Å². The molecule has 0 heterocycles. The summed E-state index contributed by atoms with van der Waals surface area (Å²) in [5, 5.41) is 6.18. The highest BCUT2D eigenvalue weighted by molar-refractivity contribution is 6.32. The van der Waals surface area contributed by atoms with Crippen LogP contribution in [0, 0.1) is 0 Å². The molecular weight excluding hydrogens is 372 g/mol. The Balaban J connectivity index is 1.67. The Kier molecular flexibility index (Phi) is 6.60. The minimum Gasteiger partial charge on any atom is -0.348 e. The molecule has 3 aromatic rings. The van der Waals surface area contributed by atoms with Crippen molar-refractivity contribution < 1.29 is 9.59 Å². The van der Waals surface area contributed by atoms with E-state index in [9.17, 15) is 9.59 Å². The zero-order chi connectivity index (χ0) is 19.8. The van der Waals surface area contributed by atoms with Crippen LogP contribution < -0.4 is 10.6 Å². The van der Waals surface area contributed by atoms with Gasteiger partial charge in [-0.2, -0.15) is 0 Å². The number of amides is 2. The molecule has 0 bridgehead atoms. The second-order valence-electron chi connectivity index (χ2n) is 6.06. The van der Waals surface area contributed by atoms with Gasteiger partial charge in [-0.1, -0.05) is 72.3 Å². The first-order chi connectivity index (χ1) is 13.6. The smallest absolute Gasteiger partial charge is 0.253 e. The Morgan fingerprint density at radius 1 is 0.857 bits per heavy atom. The summed E-state index contributed by atoms with van der Waals surface area (Å²) in [5.74, 6) is -0.599. The van der Waals surface area contributed by atoms with Crippen LogP contribution in [0.25, 0.3) is 6.08 Å². The Morgan fingerprint density at radius 2 is 1.54 bits per heavy atom. The third-order valence-corrected chi connectivity index (χ3v) is 4.39. The number of hydrogen-bond donors (Lipinski definition) is 2. The maximum atomic E-state index is 12.5. The van der Waals surface area contributed by atoms with Crippen molar-refractivity contribution in [2.24, 2.45) is 0 Å². The van der Waals surface area contributed by atoms with Gasteiger partial charge in [0.2, 0.25) is 5.91 Å². The van der Waals surface area contributed by atoms with Crippen LogP contribution in [-0.4, -0.2) is 11.8 Å². The Bertz CT molecular complexity index is 1000. The van der Waals surface area contributed by atoms with Gasteiger partial charge in [0.05, 0.1) is 11.3 Å². The predicted molar refractivity (Wildman–Crippen MR) is 113 cm³/mol. The number of rotatable bonds is 6. The van der Waals surface area contributed by atoms with Crippen molar-refractivity contribution in [3.8, 4) is 0 Å². The maximum Gasteiger partial charge on any atom is 0.253 e. The Morgan fingerprint density at radius 3 is 2.32 bits per heavy atom. The summed E-state index contributed by atoms with van der Waals surface area (Å²) in [7, 11) is 0. The standard InChI is InChI=1S/C23H19ClN2O2/c24-20-12-6-4-10-18(20)14-15-22(27)26-21-13-7-5-11-19(21)23(28)25-16-17-8-2-1-3-9-17/h1-15H,16H2,(H,25,28)(H,26,27)/b15-14+. The van der Waals surface area contributed by atoms with Crippen molar-refractivity contribution in [3.63, 3.8) is 0 Å². The van der Waals surface area contributed by atoms with Gasteiger partial charge in [-0.3, -0.25) is 9.59 Å². The summed E-state index contributed by atoms with van der Waals surface area (Å²) in [6.45, 7) is 0.411. The molecule has 0 atom stereocenters. The number of nitrogens with one attached hydrogen (secondary N) is 2.